The fourth-order valence-corrected chi connectivity index (χ4v) is 2.22. The first kappa shape index (κ1) is 13.9. The second kappa shape index (κ2) is 6.59. The zero-order chi connectivity index (χ0) is 13.7. The van der Waals surface area contributed by atoms with Crippen LogP contribution in [0.1, 0.15) is 11.1 Å². The number of anilines is 1. The summed E-state index contributed by atoms with van der Waals surface area (Å²) >= 11 is 3.48. The molecule has 2 N–H and O–H groups in total. The largest absolute Gasteiger partial charge is 0.497 e. The number of ether oxygens (including phenoxy) is 2. The summed E-state index contributed by atoms with van der Waals surface area (Å²) in [5.74, 6) is 0.846. The number of hydrogen-bond donors (Lipinski definition) is 1. The summed E-state index contributed by atoms with van der Waals surface area (Å²) in [4.78, 5) is 0. The van der Waals surface area contributed by atoms with Gasteiger partial charge in [0.05, 0.1) is 20.3 Å². The monoisotopic (exact) mass is 321 g/mol. The molecular weight excluding hydrogens is 306 g/mol. The molecule has 0 aromatic heterocycles. The van der Waals surface area contributed by atoms with Crippen molar-refractivity contribution in [3.05, 3.63) is 58.1 Å². The van der Waals surface area contributed by atoms with E-state index in [1.165, 1.54) is 0 Å². The van der Waals surface area contributed by atoms with Gasteiger partial charge in [-0.15, -0.1) is 0 Å². The maximum atomic E-state index is 5.91. The van der Waals surface area contributed by atoms with Crippen LogP contribution in [0.15, 0.2) is 46.9 Å². The van der Waals surface area contributed by atoms with E-state index in [-0.39, 0.29) is 0 Å². The minimum Gasteiger partial charge on any atom is -0.497 e. The van der Waals surface area contributed by atoms with Crippen LogP contribution in [-0.2, 0) is 18.0 Å². The Morgan fingerprint density at radius 3 is 2.42 bits per heavy atom. The number of nitrogen functional groups attached to an aromatic ring is 1. The van der Waals surface area contributed by atoms with Crippen molar-refractivity contribution < 1.29 is 9.47 Å². The van der Waals surface area contributed by atoms with Gasteiger partial charge in [-0.2, -0.15) is 0 Å². The lowest BCUT2D eigenvalue weighted by atomic mass is 10.2. The van der Waals surface area contributed by atoms with Crippen LogP contribution in [0.5, 0.6) is 5.75 Å². The van der Waals surface area contributed by atoms with Gasteiger partial charge < -0.3 is 15.2 Å². The van der Waals surface area contributed by atoms with Crippen molar-refractivity contribution in [3.8, 4) is 5.75 Å². The number of rotatable bonds is 5. The van der Waals surface area contributed by atoms with E-state index in [2.05, 4.69) is 15.9 Å². The fourth-order valence-electron chi connectivity index (χ4n) is 1.72. The van der Waals surface area contributed by atoms with Crippen molar-refractivity contribution in [2.75, 3.05) is 12.8 Å². The van der Waals surface area contributed by atoms with E-state index in [0.717, 1.165) is 27.0 Å². The Balaban J connectivity index is 1.92. The molecule has 0 amide bonds. The molecule has 0 aliphatic rings. The lowest BCUT2D eigenvalue weighted by Crippen LogP contribution is -1.99. The van der Waals surface area contributed by atoms with Gasteiger partial charge >= 0.3 is 0 Å². The summed E-state index contributed by atoms with van der Waals surface area (Å²) in [6.45, 7) is 1.03. The van der Waals surface area contributed by atoms with Gasteiger partial charge in [-0.05, 0) is 29.8 Å². The van der Waals surface area contributed by atoms with Crippen LogP contribution in [0, 0.1) is 0 Å². The maximum Gasteiger partial charge on any atom is 0.118 e. The van der Waals surface area contributed by atoms with E-state index >= 15 is 0 Å². The van der Waals surface area contributed by atoms with Crippen molar-refractivity contribution in [1.29, 1.82) is 0 Å². The van der Waals surface area contributed by atoms with Crippen LogP contribution in [0.2, 0.25) is 0 Å². The van der Waals surface area contributed by atoms with Gasteiger partial charge in [0.25, 0.3) is 0 Å². The Bertz CT molecular complexity index is 520. The van der Waals surface area contributed by atoms with Crippen molar-refractivity contribution in [1.82, 2.24) is 0 Å². The molecule has 0 saturated carbocycles. The molecule has 19 heavy (non-hydrogen) atoms. The molecule has 0 radical (unpaired) electrons. The summed E-state index contributed by atoms with van der Waals surface area (Å²) in [5, 5.41) is 0. The zero-order valence-electron chi connectivity index (χ0n) is 10.7. The van der Waals surface area contributed by atoms with Crippen molar-refractivity contribution >= 4 is 21.6 Å². The normalized spacial score (nSPS) is 10.4. The topological polar surface area (TPSA) is 44.5 Å². The molecule has 0 aliphatic carbocycles. The number of hydrogen-bond acceptors (Lipinski definition) is 3. The van der Waals surface area contributed by atoms with Crippen LogP contribution < -0.4 is 10.5 Å². The molecule has 0 saturated heterocycles. The lowest BCUT2D eigenvalue weighted by Gasteiger charge is -2.09. The SMILES string of the molecule is COc1ccc(COCc2c(N)cccc2Br)cc1. The zero-order valence-corrected chi connectivity index (χ0v) is 12.3. The molecule has 2 aromatic carbocycles. The molecule has 4 heteroatoms. The Kier molecular flexibility index (Phi) is 4.82. The minimum absolute atomic E-state index is 0.485. The minimum atomic E-state index is 0.485. The number of methoxy groups -OCH3 is 1. The molecule has 0 atom stereocenters. The fraction of sp³-hybridized carbons (Fsp3) is 0.200. The van der Waals surface area contributed by atoms with Gasteiger partial charge in [0.1, 0.15) is 5.75 Å². The first-order chi connectivity index (χ1) is 9.20. The van der Waals surface area contributed by atoms with Crippen molar-refractivity contribution in [2.45, 2.75) is 13.2 Å². The summed E-state index contributed by atoms with van der Waals surface area (Å²) < 4.78 is 11.8. The molecule has 100 valence electrons. The Labute approximate surface area is 121 Å². The molecule has 0 fully saturated rings. The standard InChI is InChI=1S/C15H16BrNO2/c1-18-12-7-5-11(6-8-12)9-19-10-13-14(16)3-2-4-15(13)17/h2-8H,9-10,17H2,1H3. The Hall–Kier alpha value is -1.52. The highest BCUT2D eigenvalue weighted by Gasteiger charge is 2.04. The predicted octanol–water partition coefficient (Wildman–Crippen LogP) is 3.76. The maximum absolute atomic E-state index is 5.91. The van der Waals surface area contributed by atoms with Gasteiger partial charge in [0.2, 0.25) is 0 Å². The van der Waals surface area contributed by atoms with Gasteiger partial charge in [-0.25, -0.2) is 0 Å². The molecule has 0 unspecified atom stereocenters. The Morgan fingerprint density at radius 2 is 1.79 bits per heavy atom. The smallest absolute Gasteiger partial charge is 0.118 e. The van der Waals surface area contributed by atoms with E-state index in [4.69, 9.17) is 15.2 Å². The quantitative estimate of drug-likeness (QED) is 0.853. The summed E-state index contributed by atoms with van der Waals surface area (Å²) in [5.41, 5.74) is 8.74. The van der Waals surface area contributed by atoms with Gasteiger partial charge in [-0.3, -0.25) is 0 Å². The molecule has 2 rings (SSSR count). The van der Waals surface area contributed by atoms with Crippen LogP contribution in [0.4, 0.5) is 5.69 Å². The molecule has 0 heterocycles. The van der Waals surface area contributed by atoms with Crippen LogP contribution in [-0.4, -0.2) is 7.11 Å². The molecule has 2 aromatic rings. The van der Waals surface area contributed by atoms with Crippen molar-refractivity contribution in [3.63, 3.8) is 0 Å². The molecule has 0 aliphatic heterocycles. The Morgan fingerprint density at radius 1 is 1.05 bits per heavy atom. The van der Waals surface area contributed by atoms with Gasteiger partial charge in [0, 0.05) is 15.7 Å². The number of halogens is 1. The summed E-state index contributed by atoms with van der Waals surface area (Å²) in [6, 6.07) is 13.6. The number of benzene rings is 2. The second-order valence-electron chi connectivity index (χ2n) is 4.15. The van der Waals surface area contributed by atoms with E-state index in [9.17, 15) is 0 Å². The van der Waals surface area contributed by atoms with Crippen molar-refractivity contribution in [2.24, 2.45) is 0 Å². The second-order valence-corrected chi connectivity index (χ2v) is 5.00. The lowest BCUT2D eigenvalue weighted by molar-refractivity contribution is 0.107. The van der Waals surface area contributed by atoms with Gasteiger partial charge in [0.15, 0.2) is 0 Å². The molecular formula is C15H16BrNO2. The molecule has 0 bridgehead atoms. The third-order valence-corrected chi connectivity index (χ3v) is 3.57. The summed E-state index contributed by atoms with van der Waals surface area (Å²) in [7, 11) is 1.65. The van der Waals surface area contributed by atoms with E-state index in [1.54, 1.807) is 7.11 Å². The highest BCUT2D eigenvalue weighted by molar-refractivity contribution is 9.10. The van der Waals surface area contributed by atoms with E-state index < -0.39 is 0 Å². The number of nitrogens with two attached hydrogens (primary N) is 1. The average Bonchev–Trinajstić information content (AvgIpc) is 2.43. The van der Waals surface area contributed by atoms with Crippen LogP contribution >= 0.6 is 15.9 Å². The molecule has 3 nitrogen and oxygen atoms in total. The van der Waals surface area contributed by atoms with E-state index in [1.807, 2.05) is 42.5 Å². The predicted molar refractivity (Wildman–Crippen MR) is 80.0 cm³/mol. The first-order valence-corrected chi connectivity index (χ1v) is 6.73. The van der Waals surface area contributed by atoms with Crippen LogP contribution in [0.3, 0.4) is 0 Å². The summed E-state index contributed by atoms with van der Waals surface area (Å²) in [6.07, 6.45) is 0. The molecule has 0 spiro atoms. The third kappa shape index (κ3) is 3.72. The van der Waals surface area contributed by atoms with E-state index in [0.29, 0.717) is 13.2 Å². The highest BCUT2D eigenvalue weighted by atomic mass is 79.9. The first-order valence-electron chi connectivity index (χ1n) is 5.94. The third-order valence-electron chi connectivity index (χ3n) is 2.83. The van der Waals surface area contributed by atoms with Crippen LogP contribution in [0.25, 0.3) is 0 Å². The highest BCUT2D eigenvalue weighted by Crippen LogP contribution is 2.23. The average molecular weight is 322 g/mol. The van der Waals surface area contributed by atoms with Gasteiger partial charge in [-0.1, -0.05) is 34.1 Å².